The van der Waals surface area contributed by atoms with E-state index >= 15 is 0 Å². The molecular weight excluding hydrogens is 242 g/mol. The number of methoxy groups -OCH3 is 1. The first-order valence-electron chi connectivity index (χ1n) is 6.32. The van der Waals surface area contributed by atoms with Gasteiger partial charge in [0.25, 0.3) is 0 Å². The molecule has 0 fully saturated rings. The molecule has 0 radical (unpaired) electrons. The Balaban J connectivity index is 2.42. The van der Waals surface area contributed by atoms with Crippen LogP contribution in [0.1, 0.15) is 19.8 Å². The summed E-state index contributed by atoms with van der Waals surface area (Å²) in [6.45, 7) is 5.77. The molecule has 1 aromatic rings. The van der Waals surface area contributed by atoms with Gasteiger partial charge in [0.2, 0.25) is 0 Å². The monoisotopic (exact) mass is 263 g/mol. The molecule has 0 heterocycles. The van der Waals surface area contributed by atoms with Crippen LogP contribution < -0.4 is 10.1 Å². The van der Waals surface area contributed by atoms with Gasteiger partial charge in [0.1, 0.15) is 5.75 Å². The maximum atomic E-state index is 10.9. The highest BCUT2D eigenvalue weighted by molar-refractivity contribution is 5.70. The lowest BCUT2D eigenvalue weighted by Gasteiger charge is -2.14. The zero-order chi connectivity index (χ0) is 14.1. The lowest BCUT2D eigenvalue weighted by atomic mass is 10.1. The summed E-state index contributed by atoms with van der Waals surface area (Å²) in [5, 5.41) is 3.38. The average molecular weight is 263 g/mol. The van der Waals surface area contributed by atoms with Gasteiger partial charge in [-0.3, -0.25) is 0 Å². The summed E-state index contributed by atoms with van der Waals surface area (Å²) >= 11 is 0. The van der Waals surface area contributed by atoms with Crippen LogP contribution in [0.5, 0.6) is 5.75 Å². The molecule has 0 amide bonds. The summed E-state index contributed by atoms with van der Waals surface area (Å²) in [6.07, 6.45) is 3.96. The Morgan fingerprint density at radius 1 is 1.42 bits per heavy atom. The third kappa shape index (κ3) is 5.95. The maximum absolute atomic E-state index is 10.9. The molecule has 0 aliphatic rings. The molecule has 4 heteroatoms. The Labute approximate surface area is 114 Å². The van der Waals surface area contributed by atoms with E-state index in [0.29, 0.717) is 11.8 Å². The number of anilines is 1. The third-order valence-corrected chi connectivity index (χ3v) is 2.66. The van der Waals surface area contributed by atoms with Gasteiger partial charge in [0.05, 0.1) is 7.11 Å². The molecule has 1 atom stereocenters. The Morgan fingerprint density at radius 2 is 2.11 bits per heavy atom. The highest BCUT2D eigenvalue weighted by atomic mass is 16.6. The van der Waals surface area contributed by atoms with Crippen molar-refractivity contribution in [2.45, 2.75) is 25.8 Å². The first-order valence-corrected chi connectivity index (χ1v) is 6.32. The van der Waals surface area contributed by atoms with Gasteiger partial charge in [-0.2, -0.15) is 0 Å². The van der Waals surface area contributed by atoms with Gasteiger partial charge in [-0.25, -0.2) is 4.79 Å². The lowest BCUT2D eigenvalue weighted by molar-refractivity contribution is -0.142. The molecule has 4 nitrogen and oxygen atoms in total. The largest absolute Gasteiger partial charge is 0.482 e. The molecule has 104 valence electrons. The van der Waals surface area contributed by atoms with Crippen LogP contribution in [0.2, 0.25) is 0 Å². The number of benzene rings is 1. The molecule has 1 N–H and O–H groups in total. The Bertz CT molecular complexity index is 400. The van der Waals surface area contributed by atoms with E-state index in [1.54, 1.807) is 0 Å². The van der Waals surface area contributed by atoms with Crippen LogP contribution in [0.3, 0.4) is 0 Å². The Morgan fingerprint density at radius 3 is 2.68 bits per heavy atom. The second kappa shape index (κ2) is 8.19. The molecule has 0 aliphatic heterocycles. The van der Waals surface area contributed by atoms with E-state index in [1.165, 1.54) is 7.11 Å². The minimum absolute atomic E-state index is 0.0704. The molecule has 0 aromatic heterocycles. The molecular formula is C15H21NO3. The summed E-state index contributed by atoms with van der Waals surface area (Å²) < 4.78 is 9.77. The summed E-state index contributed by atoms with van der Waals surface area (Å²) in [7, 11) is 1.34. The summed E-state index contributed by atoms with van der Waals surface area (Å²) in [5.74, 6) is 0.259. The number of esters is 1. The normalized spacial score (nSPS) is 11.5. The van der Waals surface area contributed by atoms with Crippen molar-refractivity contribution in [2.75, 3.05) is 19.0 Å². The predicted molar refractivity (Wildman–Crippen MR) is 76.5 cm³/mol. The Kier molecular flexibility index (Phi) is 6.50. The second-order valence-corrected chi connectivity index (χ2v) is 4.30. The van der Waals surface area contributed by atoms with Crippen molar-refractivity contribution in [3.05, 3.63) is 36.9 Å². The number of ether oxygens (including phenoxy) is 2. The van der Waals surface area contributed by atoms with Crippen molar-refractivity contribution in [3.8, 4) is 5.75 Å². The molecule has 1 aromatic carbocycles. The van der Waals surface area contributed by atoms with E-state index in [-0.39, 0.29) is 12.6 Å². The van der Waals surface area contributed by atoms with Crippen molar-refractivity contribution in [3.63, 3.8) is 0 Å². The van der Waals surface area contributed by atoms with E-state index in [0.717, 1.165) is 18.5 Å². The van der Waals surface area contributed by atoms with Crippen LogP contribution in [0.4, 0.5) is 5.69 Å². The van der Waals surface area contributed by atoms with E-state index in [1.807, 2.05) is 30.3 Å². The summed E-state index contributed by atoms with van der Waals surface area (Å²) in [5.41, 5.74) is 1.03. The fourth-order valence-corrected chi connectivity index (χ4v) is 1.57. The van der Waals surface area contributed by atoms with Crippen molar-refractivity contribution in [2.24, 2.45) is 0 Å². The van der Waals surface area contributed by atoms with Crippen LogP contribution >= 0.6 is 0 Å². The molecule has 0 bridgehead atoms. The molecule has 1 unspecified atom stereocenters. The number of hydrogen-bond acceptors (Lipinski definition) is 4. The number of carbonyl (C=O) groups excluding carboxylic acids is 1. The first-order chi connectivity index (χ1) is 9.15. The minimum atomic E-state index is -0.389. The van der Waals surface area contributed by atoms with E-state index < -0.39 is 0 Å². The Hall–Kier alpha value is -1.97. The highest BCUT2D eigenvalue weighted by Gasteiger charge is 2.03. The van der Waals surface area contributed by atoms with Crippen molar-refractivity contribution >= 4 is 11.7 Å². The zero-order valence-corrected chi connectivity index (χ0v) is 11.5. The minimum Gasteiger partial charge on any atom is -0.482 e. The average Bonchev–Trinajstić information content (AvgIpc) is 2.44. The van der Waals surface area contributed by atoms with Gasteiger partial charge >= 0.3 is 5.97 Å². The summed E-state index contributed by atoms with van der Waals surface area (Å²) in [4.78, 5) is 10.9. The fraction of sp³-hybridized carbons (Fsp3) is 0.400. The molecule has 19 heavy (non-hydrogen) atoms. The smallest absolute Gasteiger partial charge is 0.343 e. The van der Waals surface area contributed by atoms with E-state index in [9.17, 15) is 4.79 Å². The van der Waals surface area contributed by atoms with Crippen LogP contribution in [0.15, 0.2) is 36.9 Å². The van der Waals surface area contributed by atoms with Crippen molar-refractivity contribution in [1.82, 2.24) is 0 Å². The van der Waals surface area contributed by atoms with Gasteiger partial charge in [-0.05, 0) is 44.0 Å². The van der Waals surface area contributed by atoms with Gasteiger partial charge in [0.15, 0.2) is 6.61 Å². The highest BCUT2D eigenvalue weighted by Crippen LogP contribution is 2.17. The number of carbonyl (C=O) groups is 1. The van der Waals surface area contributed by atoms with Gasteiger partial charge in [-0.15, -0.1) is 6.58 Å². The van der Waals surface area contributed by atoms with Crippen LogP contribution in [0.25, 0.3) is 0 Å². The molecule has 1 rings (SSSR count). The zero-order valence-electron chi connectivity index (χ0n) is 11.5. The SMILES string of the molecule is C=CCCC(C)Nc1ccc(OCC(=O)OC)cc1. The standard InChI is InChI=1S/C15H21NO3/c1-4-5-6-12(2)16-13-7-9-14(10-8-13)19-11-15(17)18-3/h4,7-10,12,16H,1,5-6,11H2,2-3H3. The molecule has 0 spiro atoms. The molecule has 0 saturated heterocycles. The van der Waals surface area contributed by atoms with Crippen LogP contribution in [-0.2, 0) is 9.53 Å². The van der Waals surface area contributed by atoms with Crippen molar-refractivity contribution in [1.29, 1.82) is 0 Å². The molecule has 0 saturated carbocycles. The molecule has 0 aliphatic carbocycles. The lowest BCUT2D eigenvalue weighted by Crippen LogP contribution is -2.14. The van der Waals surface area contributed by atoms with E-state index in [4.69, 9.17) is 4.74 Å². The second-order valence-electron chi connectivity index (χ2n) is 4.30. The number of rotatable bonds is 8. The van der Waals surface area contributed by atoms with E-state index in [2.05, 4.69) is 23.6 Å². The van der Waals surface area contributed by atoms with Gasteiger partial charge in [-0.1, -0.05) is 6.08 Å². The predicted octanol–water partition coefficient (Wildman–Crippen LogP) is 3.01. The van der Waals surface area contributed by atoms with Crippen LogP contribution in [0, 0.1) is 0 Å². The number of nitrogens with one attached hydrogen (secondary N) is 1. The van der Waals surface area contributed by atoms with Crippen LogP contribution in [-0.4, -0.2) is 25.7 Å². The number of hydrogen-bond donors (Lipinski definition) is 1. The van der Waals surface area contributed by atoms with Gasteiger partial charge < -0.3 is 14.8 Å². The first kappa shape index (κ1) is 15.1. The fourth-order valence-electron chi connectivity index (χ4n) is 1.57. The topological polar surface area (TPSA) is 47.6 Å². The number of allylic oxidation sites excluding steroid dienone is 1. The summed E-state index contributed by atoms with van der Waals surface area (Å²) in [6, 6.07) is 7.89. The third-order valence-electron chi connectivity index (χ3n) is 2.66. The van der Waals surface area contributed by atoms with Crippen molar-refractivity contribution < 1.29 is 14.3 Å². The maximum Gasteiger partial charge on any atom is 0.343 e. The quantitative estimate of drug-likeness (QED) is 0.578. The van der Waals surface area contributed by atoms with Gasteiger partial charge in [0, 0.05) is 11.7 Å².